The lowest BCUT2D eigenvalue weighted by molar-refractivity contribution is -0.385. The van der Waals surface area contributed by atoms with Gasteiger partial charge in [-0.1, -0.05) is 12.1 Å². The fraction of sp³-hybridized carbons (Fsp3) is 0.500. The molecule has 2 N–H and O–H groups in total. The zero-order chi connectivity index (χ0) is 14.1. The molecule has 0 atom stereocenters. The van der Waals surface area contributed by atoms with Crippen molar-refractivity contribution in [2.45, 2.75) is 13.0 Å². The number of halogens is 1. The van der Waals surface area contributed by atoms with E-state index >= 15 is 0 Å². The van der Waals surface area contributed by atoms with Gasteiger partial charge >= 0.3 is 0 Å². The van der Waals surface area contributed by atoms with E-state index in [-0.39, 0.29) is 12.3 Å². The fourth-order valence-corrected chi connectivity index (χ4v) is 2.08. The number of aliphatic hydroxyl groups is 1. The largest absolute Gasteiger partial charge is 0.394 e. The number of nitro groups is 1. The number of benzene rings is 1. The normalized spacial score (nSPS) is 10.6. The summed E-state index contributed by atoms with van der Waals surface area (Å²) in [4.78, 5) is 10.4. The van der Waals surface area contributed by atoms with E-state index in [1.54, 1.807) is 6.07 Å². The second-order valence-corrected chi connectivity index (χ2v) is 4.67. The van der Waals surface area contributed by atoms with Crippen molar-refractivity contribution < 1.29 is 14.8 Å². The Kier molecular flexibility index (Phi) is 7.57. The molecule has 1 aromatic rings. The lowest BCUT2D eigenvalue weighted by atomic mass is 10.2. The van der Waals surface area contributed by atoms with E-state index in [2.05, 4.69) is 21.2 Å². The Balaban J connectivity index is 2.33. The van der Waals surface area contributed by atoms with Crippen molar-refractivity contribution in [3.8, 4) is 0 Å². The summed E-state index contributed by atoms with van der Waals surface area (Å²) in [6, 6.07) is 4.98. The van der Waals surface area contributed by atoms with Crippen LogP contribution in [0.5, 0.6) is 0 Å². The van der Waals surface area contributed by atoms with Gasteiger partial charge in [0, 0.05) is 19.2 Å². The summed E-state index contributed by atoms with van der Waals surface area (Å²) in [7, 11) is 0. The maximum Gasteiger partial charge on any atom is 0.283 e. The van der Waals surface area contributed by atoms with Crippen LogP contribution < -0.4 is 5.32 Å². The predicted octanol–water partition coefficient (Wildman–Crippen LogP) is 1.85. The Hall–Kier alpha value is -1.02. The van der Waals surface area contributed by atoms with Crippen LogP contribution in [-0.2, 0) is 11.3 Å². The summed E-state index contributed by atoms with van der Waals surface area (Å²) in [6.07, 6.45) is 0.826. The molecule has 0 radical (unpaired) electrons. The Morgan fingerprint density at radius 3 is 2.89 bits per heavy atom. The zero-order valence-electron chi connectivity index (χ0n) is 10.5. The molecular weight excluding hydrogens is 316 g/mol. The van der Waals surface area contributed by atoms with Gasteiger partial charge in [-0.15, -0.1) is 0 Å². The van der Waals surface area contributed by atoms with Gasteiger partial charge in [-0.05, 0) is 34.5 Å². The van der Waals surface area contributed by atoms with Gasteiger partial charge < -0.3 is 15.2 Å². The van der Waals surface area contributed by atoms with Crippen LogP contribution in [0.1, 0.15) is 12.0 Å². The van der Waals surface area contributed by atoms with Crippen LogP contribution in [0.15, 0.2) is 22.7 Å². The number of hydrogen-bond donors (Lipinski definition) is 2. The molecule has 0 aromatic heterocycles. The summed E-state index contributed by atoms with van der Waals surface area (Å²) in [5.41, 5.74) is 0.927. The highest BCUT2D eigenvalue weighted by atomic mass is 79.9. The van der Waals surface area contributed by atoms with Gasteiger partial charge in [0.1, 0.15) is 0 Å². The van der Waals surface area contributed by atoms with E-state index in [0.29, 0.717) is 24.2 Å². The molecule has 1 aromatic carbocycles. The predicted molar refractivity (Wildman–Crippen MR) is 75.0 cm³/mol. The summed E-state index contributed by atoms with van der Waals surface area (Å²) in [5.74, 6) is 0. The number of rotatable bonds is 9. The smallest absolute Gasteiger partial charge is 0.283 e. The van der Waals surface area contributed by atoms with Crippen molar-refractivity contribution in [1.82, 2.24) is 5.32 Å². The molecule has 7 heteroatoms. The zero-order valence-corrected chi connectivity index (χ0v) is 12.1. The van der Waals surface area contributed by atoms with Crippen molar-refractivity contribution >= 4 is 21.6 Å². The molecule has 1 rings (SSSR count). The first-order chi connectivity index (χ1) is 9.16. The number of nitrogens with zero attached hydrogens (tertiary/aromatic N) is 1. The van der Waals surface area contributed by atoms with Crippen LogP contribution >= 0.6 is 15.9 Å². The van der Waals surface area contributed by atoms with Gasteiger partial charge in [0.2, 0.25) is 0 Å². The van der Waals surface area contributed by atoms with Gasteiger partial charge in [-0.2, -0.15) is 0 Å². The molecule has 0 bridgehead atoms. The molecule has 6 nitrogen and oxygen atoms in total. The lowest BCUT2D eigenvalue weighted by Crippen LogP contribution is -2.17. The lowest BCUT2D eigenvalue weighted by Gasteiger charge is -2.07. The van der Waals surface area contributed by atoms with Crippen molar-refractivity contribution in [2.24, 2.45) is 0 Å². The van der Waals surface area contributed by atoms with Crippen molar-refractivity contribution in [2.75, 3.05) is 26.4 Å². The van der Waals surface area contributed by atoms with E-state index in [9.17, 15) is 10.1 Å². The van der Waals surface area contributed by atoms with Crippen molar-refractivity contribution in [1.29, 1.82) is 0 Å². The summed E-state index contributed by atoms with van der Waals surface area (Å²) >= 11 is 3.25. The molecular formula is C12H17BrN2O4. The van der Waals surface area contributed by atoms with E-state index in [1.165, 1.54) is 6.07 Å². The highest BCUT2D eigenvalue weighted by Crippen LogP contribution is 2.27. The Bertz CT molecular complexity index is 415. The van der Waals surface area contributed by atoms with E-state index in [1.807, 2.05) is 6.07 Å². The van der Waals surface area contributed by atoms with E-state index in [4.69, 9.17) is 9.84 Å². The van der Waals surface area contributed by atoms with Crippen LogP contribution in [0.3, 0.4) is 0 Å². The third kappa shape index (κ3) is 5.65. The molecule has 0 saturated heterocycles. The van der Waals surface area contributed by atoms with Crippen LogP contribution in [0.2, 0.25) is 0 Å². The topological polar surface area (TPSA) is 84.6 Å². The number of ether oxygens (including phenoxy) is 1. The van der Waals surface area contributed by atoms with E-state index < -0.39 is 4.92 Å². The summed E-state index contributed by atoms with van der Waals surface area (Å²) in [6.45, 7) is 2.29. The van der Waals surface area contributed by atoms with Crippen molar-refractivity contribution in [3.63, 3.8) is 0 Å². The highest BCUT2D eigenvalue weighted by Gasteiger charge is 2.13. The van der Waals surface area contributed by atoms with Gasteiger partial charge in [-0.3, -0.25) is 10.1 Å². The molecule has 0 aliphatic heterocycles. The Morgan fingerprint density at radius 2 is 2.21 bits per heavy atom. The maximum atomic E-state index is 10.8. The van der Waals surface area contributed by atoms with Crippen LogP contribution in [0.25, 0.3) is 0 Å². The molecule has 0 aliphatic carbocycles. The van der Waals surface area contributed by atoms with Gasteiger partial charge in [-0.25, -0.2) is 0 Å². The minimum absolute atomic E-state index is 0.0358. The molecule has 0 heterocycles. The number of nitrogens with one attached hydrogen (secondary N) is 1. The average molecular weight is 333 g/mol. The minimum atomic E-state index is -0.406. The molecule has 0 unspecified atom stereocenters. The standard InChI is InChI=1S/C12H17BrN2O4/c13-12-10(3-1-4-11(12)15(17)18)9-14-5-2-7-19-8-6-16/h1,3-4,14,16H,2,5-9H2. The highest BCUT2D eigenvalue weighted by molar-refractivity contribution is 9.10. The quantitative estimate of drug-likeness (QED) is 0.409. The monoisotopic (exact) mass is 332 g/mol. The van der Waals surface area contributed by atoms with Gasteiger partial charge in [0.05, 0.1) is 22.6 Å². The maximum absolute atomic E-state index is 10.8. The van der Waals surface area contributed by atoms with Crippen molar-refractivity contribution in [3.05, 3.63) is 38.3 Å². The minimum Gasteiger partial charge on any atom is -0.394 e. The number of nitro benzene ring substituents is 1. The fourth-order valence-electron chi connectivity index (χ4n) is 1.53. The van der Waals surface area contributed by atoms with Crippen LogP contribution in [-0.4, -0.2) is 36.4 Å². The Labute approximate surface area is 120 Å². The van der Waals surface area contributed by atoms with Gasteiger partial charge in [0.15, 0.2) is 0 Å². The van der Waals surface area contributed by atoms with Gasteiger partial charge in [0.25, 0.3) is 5.69 Å². The third-order valence-corrected chi connectivity index (χ3v) is 3.36. The summed E-state index contributed by atoms with van der Waals surface area (Å²) in [5, 5.41) is 22.5. The first-order valence-electron chi connectivity index (χ1n) is 5.98. The number of aliphatic hydroxyl groups excluding tert-OH is 1. The molecule has 19 heavy (non-hydrogen) atoms. The third-order valence-electron chi connectivity index (χ3n) is 2.45. The SMILES string of the molecule is O=[N+]([O-])c1cccc(CNCCCOCCO)c1Br. The molecule has 0 amide bonds. The molecule has 0 fully saturated rings. The van der Waals surface area contributed by atoms with Crippen LogP contribution in [0, 0.1) is 10.1 Å². The van der Waals surface area contributed by atoms with E-state index in [0.717, 1.165) is 18.5 Å². The number of hydrogen-bond acceptors (Lipinski definition) is 5. The van der Waals surface area contributed by atoms with Crippen LogP contribution in [0.4, 0.5) is 5.69 Å². The first-order valence-corrected chi connectivity index (χ1v) is 6.77. The Morgan fingerprint density at radius 1 is 1.42 bits per heavy atom. The molecule has 0 aliphatic rings. The summed E-state index contributed by atoms with van der Waals surface area (Å²) < 4.78 is 5.64. The average Bonchev–Trinajstić information content (AvgIpc) is 2.39. The molecule has 106 valence electrons. The second-order valence-electron chi connectivity index (χ2n) is 3.87. The second kappa shape index (κ2) is 8.98. The molecule has 0 spiro atoms. The molecule has 0 saturated carbocycles. The first kappa shape index (κ1) is 16.0.